The first kappa shape index (κ1) is 10.1. The van der Waals surface area contributed by atoms with Gasteiger partial charge in [-0.05, 0) is 24.6 Å². The van der Waals surface area contributed by atoms with Crippen LogP contribution in [0.4, 0.5) is 0 Å². The fourth-order valence-corrected chi connectivity index (χ4v) is 1.65. The van der Waals surface area contributed by atoms with E-state index in [0.717, 1.165) is 11.4 Å². The van der Waals surface area contributed by atoms with Crippen LogP contribution in [-0.2, 0) is 6.54 Å². The molecular formula is C11H11ClN2O. The van der Waals surface area contributed by atoms with Gasteiger partial charge in [-0.3, -0.25) is 0 Å². The zero-order chi connectivity index (χ0) is 10.8. The second-order valence-electron chi connectivity index (χ2n) is 3.38. The summed E-state index contributed by atoms with van der Waals surface area (Å²) in [5.74, 6) is 1.13. The van der Waals surface area contributed by atoms with Crippen molar-refractivity contribution in [3.8, 4) is 5.75 Å². The standard InChI is InChI=1S/C11H11ClN2O/c1-8-13-4-5-14(8)7-9-2-3-10(15)6-11(9)12/h2-6,15H,7H2,1H3. The fraction of sp³-hybridized carbons (Fsp3) is 0.182. The maximum Gasteiger partial charge on any atom is 0.117 e. The Morgan fingerprint density at radius 2 is 2.27 bits per heavy atom. The molecule has 0 radical (unpaired) electrons. The van der Waals surface area contributed by atoms with Crippen LogP contribution in [-0.4, -0.2) is 14.7 Å². The summed E-state index contributed by atoms with van der Waals surface area (Å²) in [5.41, 5.74) is 0.968. The molecule has 1 aromatic carbocycles. The smallest absolute Gasteiger partial charge is 0.117 e. The SMILES string of the molecule is Cc1nccn1Cc1ccc(O)cc1Cl. The van der Waals surface area contributed by atoms with E-state index in [-0.39, 0.29) is 5.75 Å². The number of phenols is 1. The molecule has 0 aliphatic heterocycles. The van der Waals surface area contributed by atoms with Gasteiger partial charge in [0, 0.05) is 17.4 Å². The number of hydrogen-bond acceptors (Lipinski definition) is 2. The molecule has 0 aliphatic carbocycles. The van der Waals surface area contributed by atoms with Gasteiger partial charge in [-0.15, -0.1) is 0 Å². The molecule has 0 saturated carbocycles. The van der Waals surface area contributed by atoms with E-state index in [4.69, 9.17) is 11.6 Å². The molecule has 15 heavy (non-hydrogen) atoms. The van der Waals surface area contributed by atoms with Gasteiger partial charge in [-0.2, -0.15) is 0 Å². The highest BCUT2D eigenvalue weighted by Crippen LogP contribution is 2.22. The van der Waals surface area contributed by atoms with Crippen molar-refractivity contribution in [1.82, 2.24) is 9.55 Å². The monoisotopic (exact) mass is 222 g/mol. The molecule has 1 aromatic heterocycles. The minimum Gasteiger partial charge on any atom is -0.508 e. The molecule has 0 bridgehead atoms. The van der Waals surface area contributed by atoms with E-state index >= 15 is 0 Å². The van der Waals surface area contributed by atoms with E-state index in [0.29, 0.717) is 11.6 Å². The Labute approximate surface area is 93.0 Å². The largest absolute Gasteiger partial charge is 0.508 e. The number of aromatic hydroxyl groups is 1. The van der Waals surface area contributed by atoms with Crippen LogP contribution in [0.25, 0.3) is 0 Å². The normalized spacial score (nSPS) is 10.5. The summed E-state index contributed by atoms with van der Waals surface area (Å²) in [5, 5.41) is 9.79. The lowest BCUT2D eigenvalue weighted by molar-refractivity contribution is 0.475. The first-order chi connectivity index (χ1) is 7.16. The highest BCUT2D eigenvalue weighted by atomic mass is 35.5. The molecule has 1 N–H and O–H groups in total. The Bertz CT molecular complexity index is 479. The average Bonchev–Trinajstić information content (AvgIpc) is 2.57. The molecule has 0 spiro atoms. The molecule has 3 nitrogen and oxygen atoms in total. The molecule has 0 atom stereocenters. The van der Waals surface area contributed by atoms with Crippen LogP contribution in [0, 0.1) is 6.92 Å². The quantitative estimate of drug-likeness (QED) is 0.848. The number of phenolic OH excluding ortho intramolecular Hbond substituents is 1. The van der Waals surface area contributed by atoms with Gasteiger partial charge in [0.15, 0.2) is 0 Å². The Kier molecular flexibility index (Phi) is 2.64. The van der Waals surface area contributed by atoms with E-state index in [9.17, 15) is 5.11 Å². The van der Waals surface area contributed by atoms with Gasteiger partial charge < -0.3 is 9.67 Å². The Balaban J connectivity index is 2.29. The number of halogens is 1. The number of imidazole rings is 1. The lowest BCUT2D eigenvalue weighted by atomic mass is 10.2. The predicted molar refractivity (Wildman–Crippen MR) is 59.2 cm³/mol. The van der Waals surface area contributed by atoms with Gasteiger partial charge in [0.1, 0.15) is 11.6 Å². The highest BCUT2D eigenvalue weighted by Gasteiger charge is 2.03. The molecule has 1 heterocycles. The molecule has 2 aromatic rings. The number of benzene rings is 1. The second kappa shape index (κ2) is 3.95. The van der Waals surface area contributed by atoms with Crippen LogP contribution < -0.4 is 0 Å². The summed E-state index contributed by atoms with van der Waals surface area (Å²) in [4.78, 5) is 4.13. The molecule has 78 valence electrons. The molecule has 0 saturated heterocycles. The number of aryl methyl sites for hydroxylation is 1. The van der Waals surface area contributed by atoms with Gasteiger partial charge in [-0.1, -0.05) is 17.7 Å². The fourth-order valence-electron chi connectivity index (χ4n) is 1.42. The third kappa shape index (κ3) is 2.13. The topological polar surface area (TPSA) is 38.0 Å². The summed E-state index contributed by atoms with van der Waals surface area (Å²) >= 11 is 6.01. The molecular weight excluding hydrogens is 212 g/mol. The highest BCUT2D eigenvalue weighted by molar-refractivity contribution is 6.31. The van der Waals surface area contributed by atoms with Gasteiger partial charge in [0.2, 0.25) is 0 Å². The van der Waals surface area contributed by atoms with Crippen molar-refractivity contribution in [2.24, 2.45) is 0 Å². The Morgan fingerprint density at radius 3 is 2.87 bits per heavy atom. The van der Waals surface area contributed by atoms with Crippen molar-refractivity contribution < 1.29 is 5.11 Å². The molecule has 0 amide bonds. The number of nitrogens with zero attached hydrogens (tertiary/aromatic N) is 2. The summed E-state index contributed by atoms with van der Waals surface area (Å²) < 4.78 is 2.00. The second-order valence-corrected chi connectivity index (χ2v) is 3.79. The number of rotatable bonds is 2. The third-order valence-electron chi connectivity index (χ3n) is 2.30. The minimum absolute atomic E-state index is 0.186. The van der Waals surface area contributed by atoms with Crippen molar-refractivity contribution >= 4 is 11.6 Å². The zero-order valence-corrected chi connectivity index (χ0v) is 9.07. The molecule has 2 rings (SSSR count). The predicted octanol–water partition coefficient (Wildman–Crippen LogP) is 2.60. The van der Waals surface area contributed by atoms with Crippen LogP contribution >= 0.6 is 11.6 Å². The molecule has 0 unspecified atom stereocenters. The first-order valence-electron chi connectivity index (χ1n) is 4.62. The first-order valence-corrected chi connectivity index (χ1v) is 5.00. The third-order valence-corrected chi connectivity index (χ3v) is 2.65. The summed E-state index contributed by atoms with van der Waals surface area (Å²) in [6, 6.07) is 4.99. The lowest BCUT2D eigenvalue weighted by Crippen LogP contribution is -2.01. The molecule has 4 heteroatoms. The summed E-state index contributed by atoms with van der Waals surface area (Å²) in [6.45, 7) is 2.61. The maximum absolute atomic E-state index is 9.21. The van der Waals surface area contributed by atoms with Crippen LogP contribution in [0.5, 0.6) is 5.75 Å². The van der Waals surface area contributed by atoms with Gasteiger partial charge in [0.25, 0.3) is 0 Å². The summed E-state index contributed by atoms with van der Waals surface area (Å²) in [6.07, 6.45) is 3.65. The van der Waals surface area contributed by atoms with Gasteiger partial charge >= 0.3 is 0 Å². The average molecular weight is 223 g/mol. The van der Waals surface area contributed by atoms with Crippen LogP contribution in [0.2, 0.25) is 5.02 Å². The van der Waals surface area contributed by atoms with Crippen molar-refractivity contribution in [1.29, 1.82) is 0 Å². The molecule has 0 aliphatic rings. The zero-order valence-electron chi connectivity index (χ0n) is 8.31. The van der Waals surface area contributed by atoms with Gasteiger partial charge in [-0.25, -0.2) is 4.98 Å². The van der Waals surface area contributed by atoms with E-state index < -0.39 is 0 Å². The Hall–Kier alpha value is -1.48. The van der Waals surface area contributed by atoms with Gasteiger partial charge in [0.05, 0.1) is 6.54 Å². The van der Waals surface area contributed by atoms with E-state index in [1.807, 2.05) is 23.8 Å². The van der Waals surface area contributed by atoms with Crippen molar-refractivity contribution in [3.05, 3.63) is 47.0 Å². The number of hydrogen-bond donors (Lipinski definition) is 1. The van der Waals surface area contributed by atoms with Crippen LogP contribution in [0.1, 0.15) is 11.4 Å². The van der Waals surface area contributed by atoms with Crippen LogP contribution in [0.3, 0.4) is 0 Å². The Morgan fingerprint density at radius 1 is 1.47 bits per heavy atom. The van der Waals surface area contributed by atoms with Crippen molar-refractivity contribution in [2.75, 3.05) is 0 Å². The lowest BCUT2D eigenvalue weighted by Gasteiger charge is -2.07. The van der Waals surface area contributed by atoms with Crippen LogP contribution in [0.15, 0.2) is 30.6 Å². The number of aromatic nitrogens is 2. The van der Waals surface area contributed by atoms with E-state index in [1.54, 1.807) is 18.3 Å². The van der Waals surface area contributed by atoms with Crippen molar-refractivity contribution in [2.45, 2.75) is 13.5 Å². The molecule has 0 fully saturated rings. The maximum atomic E-state index is 9.21. The minimum atomic E-state index is 0.186. The van der Waals surface area contributed by atoms with Crippen molar-refractivity contribution in [3.63, 3.8) is 0 Å². The summed E-state index contributed by atoms with van der Waals surface area (Å²) in [7, 11) is 0. The van der Waals surface area contributed by atoms with E-state index in [2.05, 4.69) is 4.98 Å². The van der Waals surface area contributed by atoms with E-state index in [1.165, 1.54) is 0 Å².